The van der Waals surface area contributed by atoms with E-state index in [0.717, 1.165) is 0 Å². The second-order valence-corrected chi connectivity index (χ2v) is 23.2. The summed E-state index contributed by atoms with van der Waals surface area (Å²) in [6, 6.07) is 54.2. The van der Waals surface area contributed by atoms with Crippen molar-refractivity contribution in [2.24, 2.45) is 5.41 Å². The van der Waals surface area contributed by atoms with E-state index in [-0.39, 0.29) is 34.3 Å². The van der Waals surface area contributed by atoms with E-state index in [0.29, 0.717) is 0 Å². The topological polar surface area (TPSA) is 6.48 Å². The lowest BCUT2D eigenvalue weighted by Crippen LogP contribution is -2.62. The lowest BCUT2D eigenvalue weighted by molar-refractivity contribution is 0.0926. The molecule has 1 saturated carbocycles. The van der Waals surface area contributed by atoms with Crippen molar-refractivity contribution < 1.29 is 0 Å². The van der Waals surface area contributed by atoms with Crippen LogP contribution < -0.4 is 26.2 Å². The quantitative estimate of drug-likeness (QED) is 0.163. The fraction of sp³-hybridized carbons (Fsp3) is 0.300. The molecule has 0 spiro atoms. The van der Waals surface area contributed by atoms with Crippen LogP contribution in [0.3, 0.4) is 0 Å². The summed E-state index contributed by atoms with van der Waals surface area (Å²) in [5.41, 5.74) is 21.0. The second kappa shape index (κ2) is 13.7. The molecule has 0 saturated heterocycles. The van der Waals surface area contributed by atoms with E-state index in [1.54, 1.807) is 16.6 Å². The number of hydrogen-bond acceptors (Lipinski definition) is 3. The molecule has 0 N–H and O–H groups in total. The smallest absolute Gasteiger partial charge is 0.247 e. The van der Waals surface area contributed by atoms with Gasteiger partial charge in [-0.15, -0.1) is 11.3 Å². The summed E-state index contributed by atoms with van der Waals surface area (Å²) < 4.78 is 2.69. The van der Waals surface area contributed by atoms with Crippen molar-refractivity contribution in [3.05, 3.63) is 173 Å². The molecule has 64 heavy (non-hydrogen) atoms. The van der Waals surface area contributed by atoms with Gasteiger partial charge in [-0.3, -0.25) is 0 Å². The van der Waals surface area contributed by atoms with Crippen LogP contribution in [-0.4, -0.2) is 6.71 Å². The Hall–Kier alpha value is -5.58. The molecule has 3 atom stereocenters. The van der Waals surface area contributed by atoms with Gasteiger partial charge in [0, 0.05) is 54.5 Å². The van der Waals surface area contributed by atoms with Gasteiger partial charge >= 0.3 is 0 Å². The largest absolute Gasteiger partial charge is 0.310 e. The van der Waals surface area contributed by atoms with Gasteiger partial charge in [0.15, 0.2) is 0 Å². The molecule has 1 aromatic heterocycles. The van der Waals surface area contributed by atoms with Crippen LogP contribution in [0.15, 0.2) is 140 Å². The highest BCUT2D eigenvalue weighted by atomic mass is 32.1. The lowest BCUT2D eigenvalue weighted by Gasteiger charge is -2.51. The molecule has 2 nitrogen and oxygen atoms in total. The minimum Gasteiger partial charge on any atom is -0.310 e. The Morgan fingerprint density at radius 2 is 1.30 bits per heavy atom. The van der Waals surface area contributed by atoms with Crippen molar-refractivity contribution in [3.63, 3.8) is 0 Å². The molecule has 3 heterocycles. The van der Waals surface area contributed by atoms with E-state index in [9.17, 15) is 0 Å². The van der Waals surface area contributed by atoms with Crippen LogP contribution in [0.4, 0.5) is 34.1 Å². The Kier molecular flexibility index (Phi) is 8.57. The molecule has 0 bridgehead atoms. The van der Waals surface area contributed by atoms with Crippen molar-refractivity contribution in [1.82, 2.24) is 0 Å². The molecule has 0 amide bonds. The number of anilines is 6. The first kappa shape index (κ1) is 40.0. The van der Waals surface area contributed by atoms with Crippen molar-refractivity contribution >= 4 is 88.7 Å². The second-order valence-electron chi connectivity index (χ2n) is 22.1. The van der Waals surface area contributed by atoms with E-state index in [2.05, 4.69) is 212 Å². The van der Waals surface area contributed by atoms with Gasteiger partial charge < -0.3 is 9.80 Å². The van der Waals surface area contributed by atoms with Crippen LogP contribution in [0, 0.1) is 12.3 Å². The standard InChI is InChI=1S/C60H59BN2S/c1-37-32-38(57(2,3)4)26-28-48(37)63-49-36-42(62(40-20-12-10-13-21-40)41-22-14-11-15-23-41)35-44-54-53-45(59(8)30-18-19-31-60(54,59)9)33-39(58(5,6)7)34-47(53)61(55(44)49)46-27-29-51-52(56(46)63)43-24-16-17-25-50(43)64-51/h10-17,20-29,32-36,54H,18-19,30-31H2,1-9H3. The number of para-hydroxylation sites is 2. The summed E-state index contributed by atoms with van der Waals surface area (Å²) in [7, 11) is 0. The molecule has 318 valence electrons. The van der Waals surface area contributed by atoms with Crippen molar-refractivity contribution in [3.8, 4) is 0 Å². The molecule has 3 unspecified atom stereocenters. The van der Waals surface area contributed by atoms with Crippen LogP contribution in [0.2, 0.25) is 0 Å². The van der Waals surface area contributed by atoms with Gasteiger partial charge in [-0.05, 0) is 140 Å². The van der Waals surface area contributed by atoms with Gasteiger partial charge in [0.1, 0.15) is 0 Å². The zero-order chi connectivity index (χ0) is 44.1. The molecule has 7 aromatic carbocycles. The number of hydrogen-bond donors (Lipinski definition) is 0. The molecule has 2 aliphatic heterocycles. The van der Waals surface area contributed by atoms with Crippen LogP contribution >= 0.6 is 11.3 Å². The molecule has 0 radical (unpaired) electrons. The Labute approximate surface area is 385 Å². The van der Waals surface area contributed by atoms with Crippen molar-refractivity contribution in [2.45, 2.75) is 110 Å². The predicted molar refractivity (Wildman–Crippen MR) is 278 cm³/mol. The van der Waals surface area contributed by atoms with Gasteiger partial charge in [0.05, 0.1) is 5.69 Å². The first-order valence-corrected chi connectivity index (χ1v) is 24.6. The number of aryl methyl sites for hydroxylation is 1. The summed E-state index contributed by atoms with van der Waals surface area (Å²) in [6.45, 7) is 22.1. The fourth-order valence-corrected chi connectivity index (χ4v) is 14.1. The predicted octanol–water partition coefficient (Wildman–Crippen LogP) is 15.0. The van der Waals surface area contributed by atoms with E-state index in [1.165, 1.54) is 113 Å². The third-order valence-corrected chi connectivity index (χ3v) is 17.6. The van der Waals surface area contributed by atoms with Gasteiger partial charge in [-0.2, -0.15) is 0 Å². The lowest BCUT2D eigenvalue weighted by atomic mass is 9.30. The zero-order valence-electron chi connectivity index (χ0n) is 39.1. The average Bonchev–Trinajstić information content (AvgIpc) is 3.76. The maximum atomic E-state index is 2.74. The first-order chi connectivity index (χ1) is 30.7. The molecular weight excluding hydrogens is 792 g/mol. The van der Waals surface area contributed by atoms with Gasteiger partial charge in [-0.1, -0.05) is 159 Å². The minimum atomic E-state index is 0.00678. The molecule has 1 fully saturated rings. The molecule has 8 aromatic rings. The zero-order valence-corrected chi connectivity index (χ0v) is 39.9. The van der Waals surface area contributed by atoms with Gasteiger partial charge in [0.2, 0.25) is 6.71 Å². The number of benzene rings is 7. The molecule has 4 aliphatic rings. The maximum Gasteiger partial charge on any atom is 0.247 e. The van der Waals surface area contributed by atoms with Gasteiger partial charge in [-0.25, -0.2) is 0 Å². The van der Waals surface area contributed by atoms with Crippen LogP contribution in [-0.2, 0) is 16.2 Å². The summed E-state index contributed by atoms with van der Waals surface area (Å²) >= 11 is 1.93. The third-order valence-electron chi connectivity index (χ3n) is 16.5. The summed E-state index contributed by atoms with van der Waals surface area (Å²) in [6.07, 6.45) is 5.03. The number of fused-ring (bicyclic) bond motifs is 11. The monoisotopic (exact) mass is 850 g/mol. The highest BCUT2D eigenvalue weighted by Crippen LogP contribution is 2.68. The maximum absolute atomic E-state index is 2.74. The Morgan fingerprint density at radius 3 is 1.98 bits per heavy atom. The Balaban J connectivity index is 1.27. The van der Waals surface area contributed by atoms with E-state index in [4.69, 9.17) is 0 Å². The summed E-state index contributed by atoms with van der Waals surface area (Å²) in [4.78, 5) is 5.26. The van der Waals surface area contributed by atoms with Crippen LogP contribution in [0.1, 0.15) is 120 Å². The van der Waals surface area contributed by atoms with E-state index >= 15 is 0 Å². The SMILES string of the molecule is Cc1cc(C(C)(C)C)ccc1N1c2cc(N(c3ccccc3)c3ccccc3)cc3c2B(c2cc(C(C)(C)C)cc4c2C3C2(C)CCCCC42C)c2ccc3sc4ccccc4c3c21. The number of thiophene rings is 1. The normalized spacial score (nSPS) is 20.9. The highest BCUT2D eigenvalue weighted by Gasteiger charge is 2.62. The summed E-state index contributed by atoms with van der Waals surface area (Å²) in [5, 5.41) is 2.72. The molecule has 2 aliphatic carbocycles. The molecular formula is C60H59BN2S. The Morgan fingerprint density at radius 1 is 0.625 bits per heavy atom. The van der Waals surface area contributed by atoms with E-state index in [1.807, 2.05) is 11.3 Å². The van der Waals surface area contributed by atoms with Crippen LogP contribution in [0.25, 0.3) is 20.2 Å². The number of nitrogens with zero attached hydrogens (tertiary/aromatic N) is 2. The van der Waals surface area contributed by atoms with Crippen LogP contribution in [0.5, 0.6) is 0 Å². The first-order valence-electron chi connectivity index (χ1n) is 23.8. The highest BCUT2D eigenvalue weighted by molar-refractivity contribution is 7.26. The van der Waals surface area contributed by atoms with Crippen molar-refractivity contribution in [1.29, 1.82) is 0 Å². The Bertz CT molecular complexity index is 3170. The third kappa shape index (κ3) is 5.51. The van der Waals surface area contributed by atoms with Crippen molar-refractivity contribution in [2.75, 3.05) is 9.80 Å². The number of rotatable bonds is 4. The fourth-order valence-electron chi connectivity index (χ4n) is 13.0. The minimum absolute atomic E-state index is 0.00678. The average molecular weight is 851 g/mol. The molecule has 12 rings (SSSR count). The van der Waals surface area contributed by atoms with Gasteiger partial charge in [0.25, 0.3) is 0 Å². The summed E-state index contributed by atoms with van der Waals surface area (Å²) in [5.74, 6) is 0.272. The molecule has 4 heteroatoms. The van der Waals surface area contributed by atoms with E-state index < -0.39 is 0 Å².